The van der Waals surface area contributed by atoms with E-state index in [1.54, 1.807) is 4.90 Å². The van der Waals surface area contributed by atoms with Crippen LogP contribution in [0.1, 0.15) is 85.5 Å². The van der Waals surface area contributed by atoms with E-state index in [0.717, 1.165) is 44.9 Å². The molecule has 4 aliphatic carbocycles. The van der Waals surface area contributed by atoms with Crippen molar-refractivity contribution in [2.45, 2.75) is 91.6 Å². The number of nitrogens with zero attached hydrogens (tertiary/aromatic N) is 1. The van der Waals surface area contributed by atoms with E-state index in [1.807, 2.05) is 0 Å². The molecule has 7 nitrogen and oxygen atoms in total. The summed E-state index contributed by atoms with van der Waals surface area (Å²) in [4.78, 5) is 52.8. The van der Waals surface area contributed by atoms with Crippen LogP contribution in [0.25, 0.3) is 0 Å². The van der Waals surface area contributed by atoms with Crippen molar-refractivity contribution in [2.75, 3.05) is 26.3 Å². The average molecular weight is 516 g/mol. The van der Waals surface area contributed by atoms with Crippen LogP contribution in [-0.4, -0.2) is 60.8 Å². The molecule has 206 valence electrons. The van der Waals surface area contributed by atoms with Gasteiger partial charge in [-0.3, -0.25) is 19.2 Å². The summed E-state index contributed by atoms with van der Waals surface area (Å²) in [6, 6.07) is 0. The summed E-state index contributed by atoms with van der Waals surface area (Å²) in [5.74, 6) is 1.35. The van der Waals surface area contributed by atoms with Crippen molar-refractivity contribution in [1.82, 2.24) is 4.90 Å². The predicted octanol–water partition coefficient (Wildman–Crippen LogP) is 4.21. The minimum atomic E-state index is -0.370. The molecule has 5 aliphatic rings. The van der Waals surface area contributed by atoms with Crippen LogP contribution in [0.5, 0.6) is 0 Å². The topological polar surface area (TPSA) is 90.0 Å². The molecular weight excluding hydrogens is 470 g/mol. The maximum Gasteiger partial charge on any atom is 0.302 e. The number of ketones is 2. The molecule has 1 amide bonds. The third kappa shape index (κ3) is 4.68. The molecule has 1 unspecified atom stereocenters. The Balaban J connectivity index is 1.28. The first-order valence-electron chi connectivity index (χ1n) is 14.6. The van der Waals surface area contributed by atoms with E-state index in [2.05, 4.69) is 20.8 Å². The molecule has 7 heteroatoms. The van der Waals surface area contributed by atoms with Gasteiger partial charge in [-0.25, -0.2) is 0 Å². The molecule has 0 aromatic rings. The molecule has 0 aromatic heterocycles. The molecule has 0 bridgehead atoms. The van der Waals surface area contributed by atoms with Gasteiger partial charge < -0.3 is 14.4 Å². The number of esters is 1. The molecule has 0 N–H and O–H groups in total. The smallest absolute Gasteiger partial charge is 0.302 e. The van der Waals surface area contributed by atoms with Crippen LogP contribution in [-0.2, 0) is 28.7 Å². The summed E-state index contributed by atoms with van der Waals surface area (Å²) in [6.07, 6.45) is 7.85. The van der Waals surface area contributed by atoms with E-state index < -0.39 is 0 Å². The number of amides is 1. The number of Topliss-reactive ketones (excluding diaryl/α,β-unsaturated/α-hetero) is 2. The zero-order chi connectivity index (χ0) is 26.5. The molecule has 5 rings (SSSR count). The van der Waals surface area contributed by atoms with Gasteiger partial charge in [0.1, 0.15) is 11.9 Å². The molecule has 1 aliphatic heterocycles. The Morgan fingerprint density at radius 3 is 2.49 bits per heavy atom. The van der Waals surface area contributed by atoms with E-state index in [-0.39, 0.29) is 58.8 Å². The Labute approximate surface area is 221 Å². The summed E-state index contributed by atoms with van der Waals surface area (Å²) < 4.78 is 10.9. The van der Waals surface area contributed by atoms with Crippen LogP contribution in [0.2, 0.25) is 0 Å². The molecule has 0 spiro atoms. The number of ether oxygens (including phenoxy) is 2. The van der Waals surface area contributed by atoms with Crippen LogP contribution >= 0.6 is 0 Å². The van der Waals surface area contributed by atoms with Gasteiger partial charge in [0.2, 0.25) is 5.78 Å². The fourth-order valence-electron chi connectivity index (χ4n) is 9.81. The number of hydrogen-bond acceptors (Lipinski definition) is 6. The second-order valence-corrected chi connectivity index (χ2v) is 13.4. The average Bonchev–Trinajstić information content (AvgIpc) is 3.20. The third-order valence-corrected chi connectivity index (χ3v) is 11.4. The van der Waals surface area contributed by atoms with Gasteiger partial charge in [0.05, 0.1) is 13.2 Å². The largest absolute Gasteiger partial charge is 0.463 e. The van der Waals surface area contributed by atoms with E-state index in [4.69, 9.17) is 9.47 Å². The molecular formula is C30H45NO6. The van der Waals surface area contributed by atoms with E-state index in [0.29, 0.717) is 56.3 Å². The highest BCUT2D eigenvalue weighted by Gasteiger charge is 2.63. The highest BCUT2D eigenvalue weighted by Crippen LogP contribution is 2.67. The quantitative estimate of drug-likeness (QED) is 0.403. The molecule has 5 fully saturated rings. The number of fused-ring (bicyclic) bond motifs is 5. The van der Waals surface area contributed by atoms with Crippen molar-refractivity contribution in [3.63, 3.8) is 0 Å². The van der Waals surface area contributed by atoms with E-state index >= 15 is 0 Å². The summed E-state index contributed by atoms with van der Waals surface area (Å²) in [7, 11) is 0. The Bertz CT molecular complexity index is 942. The fraction of sp³-hybridized carbons (Fsp3) is 0.867. The number of hydrogen-bond donors (Lipinski definition) is 0. The molecule has 0 radical (unpaired) electrons. The van der Waals surface area contributed by atoms with Crippen LogP contribution in [0, 0.1) is 46.3 Å². The van der Waals surface area contributed by atoms with E-state index in [1.165, 1.54) is 6.92 Å². The minimum Gasteiger partial charge on any atom is -0.463 e. The van der Waals surface area contributed by atoms with Gasteiger partial charge in [-0.2, -0.15) is 0 Å². The first-order valence-corrected chi connectivity index (χ1v) is 14.6. The van der Waals surface area contributed by atoms with Crippen LogP contribution in [0.15, 0.2) is 0 Å². The van der Waals surface area contributed by atoms with Crippen molar-refractivity contribution < 1.29 is 28.7 Å². The zero-order valence-corrected chi connectivity index (χ0v) is 23.1. The van der Waals surface area contributed by atoms with Crippen molar-refractivity contribution in [2.24, 2.45) is 46.3 Å². The highest BCUT2D eigenvalue weighted by molar-refractivity contribution is 6.36. The SMILES string of the molecule is CC(=O)O[C@@H]1CC[C@@]2(C)C(CC[C@H]3[C@@H]4CC[C@H]([C@H](C)CC(=O)C(=O)N5CCOCC5)[C@@]4(C)CC(=O)[C@@H]32)C1. The third-order valence-electron chi connectivity index (χ3n) is 11.4. The normalized spacial score (nSPS) is 42.3. The van der Waals surface area contributed by atoms with Crippen molar-refractivity contribution in [1.29, 1.82) is 0 Å². The molecule has 37 heavy (non-hydrogen) atoms. The first-order chi connectivity index (χ1) is 17.5. The van der Waals surface area contributed by atoms with Gasteiger partial charge in [-0.1, -0.05) is 20.8 Å². The van der Waals surface area contributed by atoms with Crippen molar-refractivity contribution >= 4 is 23.4 Å². The second kappa shape index (κ2) is 10.1. The van der Waals surface area contributed by atoms with Gasteiger partial charge in [0.15, 0.2) is 0 Å². The molecule has 9 atom stereocenters. The van der Waals surface area contributed by atoms with Crippen molar-refractivity contribution in [3.05, 3.63) is 0 Å². The second-order valence-electron chi connectivity index (χ2n) is 13.4. The van der Waals surface area contributed by atoms with Gasteiger partial charge in [-0.15, -0.1) is 0 Å². The lowest BCUT2D eigenvalue weighted by Gasteiger charge is -2.60. The molecule has 1 saturated heterocycles. The van der Waals surface area contributed by atoms with Gasteiger partial charge >= 0.3 is 5.97 Å². The number of carbonyl (C=O) groups is 4. The zero-order valence-electron chi connectivity index (χ0n) is 23.1. The highest BCUT2D eigenvalue weighted by atomic mass is 16.5. The fourth-order valence-corrected chi connectivity index (χ4v) is 9.81. The lowest BCUT2D eigenvalue weighted by Crippen LogP contribution is -2.58. The summed E-state index contributed by atoms with van der Waals surface area (Å²) in [5, 5.41) is 0. The van der Waals surface area contributed by atoms with Crippen LogP contribution in [0.4, 0.5) is 0 Å². The first kappa shape index (κ1) is 26.8. The molecule has 4 saturated carbocycles. The summed E-state index contributed by atoms with van der Waals surface area (Å²) in [5.41, 5.74) is -0.111. The minimum absolute atomic E-state index is 0.00879. The molecule has 1 heterocycles. The van der Waals surface area contributed by atoms with Crippen molar-refractivity contribution in [3.8, 4) is 0 Å². The Kier molecular flexibility index (Phi) is 7.32. The van der Waals surface area contributed by atoms with Gasteiger partial charge in [-0.05, 0) is 85.4 Å². The van der Waals surface area contributed by atoms with E-state index in [9.17, 15) is 19.2 Å². The van der Waals surface area contributed by atoms with Crippen LogP contribution < -0.4 is 0 Å². The Morgan fingerprint density at radius 1 is 1.05 bits per heavy atom. The van der Waals surface area contributed by atoms with Gasteiger partial charge in [0.25, 0.3) is 5.91 Å². The maximum atomic E-state index is 14.0. The Morgan fingerprint density at radius 2 is 1.78 bits per heavy atom. The summed E-state index contributed by atoms with van der Waals surface area (Å²) in [6.45, 7) is 10.2. The Hall–Kier alpha value is -1.76. The predicted molar refractivity (Wildman–Crippen MR) is 137 cm³/mol. The molecule has 0 aromatic carbocycles. The number of morpholine rings is 1. The lowest BCUT2D eigenvalue weighted by molar-refractivity contribution is -0.169. The summed E-state index contributed by atoms with van der Waals surface area (Å²) >= 11 is 0. The van der Waals surface area contributed by atoms with Crippen LogP contribution in [0.3, 0.4) is 0 Å². The standard InChI is InChI=1S/C30H45NO6/c1-18(15-25(33)28(35)31-11-13-36-14-12-31)23-7-8-24-22-6-5-20-16-21(37-19(2)32)9-10-29(20,3)27(22)26(34)17-30(23,24)4/h18,20-24,27H,5-17H2,1-4H3/t18-,20?,21-,22+,23-,24+,27-,29+,30-/m1/s1. The maximum absolute atomic E-state index is 14.0. The number of carbonyl (C=O) groups excluding carboxylic acids is 4. The lowest BCUT2D eigenvalue weighted by atomic mass is 9.44. The monoisotopic (exact) mass is 515 g/mol. The number of rotatable bonds is 5. The van der Waals surface area contributed by atoms with Gasteiger partial charge in [0, 0.05) is 38.8 Å².